The fourth-order valence-corrected chi connectivity index (χ4v) is 3.43. The fraction of sp³-hybridized carbons (Fsp3) is 0.227. The lowest BCUT2D eigenvalue weighted by Crippen LogP contribution is -1.97. The summed E-state index contributed by atoms with van der Waals surface area (Å²) < 4.78 is 24.0. The molecule has 8 nitrogen and oxygen atoms in total. The minimum atomic E-state index is 0.504. The van der Waals surface area contributed by atoms with E-state index in [9.17, 15) is 0 Å². The molecule has 2 aromatic heterocycles. The van der Waals surface area contributed by atoms with Gasteiger partial charge in [-0.15, -0.1) is 5.10 Å². The van der Waals surface area contributed by atoms with Crippen molar-refractivity contribution in [2.45, 2.75) is 6.42 Å². The van der Waals surface area contributed by atoms with Gasteiger partial charge in [-0.25, -0.2) is 4.98 Å². The molecule has 1 aliphatic rings. The number of ether oxygens (including phenoxy) is 4. The number of benzene rings is 2. The average molecular weight is 404 g/mol. The summed E-state index contributed by atoms with van der Waals surface area (Å²) in [6.07, 6.45) is 2.57. The van der Waals surface area contributed by atoms with Crippen molar-refractivity contribution in [2.24, 2.45) is 0 Å². The third-order valence-electron chi connectivity index (χ3n) is 4.93. The molecule has 0 unspecified atom stereocenters. The summed E-state index contributed by atoms with van der Waals surface area (Å²) in [5.41, 5.74) is 2.59. The van der Waals surface area contributed by atoms with E-state index in [1.807, 2.05) is 42.5 Å². The summed E-state index contributed by atoms with van der Waals surface area (Å²) in [7, 11) is 3.22. The number of nitrogens with zero attached hydrogens (tertiary/aromatic N) is 4. The minimum absolute atomic E-state index is 0.504. The standard InChI is InChI=1S/C22H20N4O4/c1-27-17-6-4-14(12-19(17)28-2)16-8-9-23-22-24-21(25-26(16)22)15-5-7-18-20(13-15)30-11-3-10-29-18/h4-9,12-13H,3,10-11H2,1-2H3. The second-order valence-corrected chi connectivity index (χ2v) is 6.76. The Morgan fingerprint density at radius 3 is 2.50 bits per heavy atom. The molecule has 0 spiro atoms. The van der Waals surface area contributed by atoms with Gasteiger partial charge in [-0.1, -0.05) is 0 Å². The van der Waals surface area contributed by atoms with Crippen LogP contribution >= 0.6 is 0 Å². The molecule has 3 heterocycles. The number of fused-ring (bicyclic) bond motifs is 2. The monoisotopic (exact) mass is 404 g/mol. The van der Waals surface area contributed by atoms with Crippen molar-refractivity contribution in [3.8, 4) is 45.6 Å². The zero-order valence-corrected chi connectivity index (χ0v) is 16.7. The van der Waals surface area contributed by atoms with Crippen LogP contribution in [0.3, 0.4) is 0 Å². The van der Waals surface area contributed by atoms with Crippen molar-refractivity contribution in [3.05, 3.63) is 48.7 Å². The number of aromatic nitrogens is 4. The maximum atomic E-state index is 5.80. The highest BCUT2D eigenvalue weighted by atomic mass is 16.5. The van der Waals surface area contributed by atoms with Crippen molar-refractivity contribution < 1.29 is 18.9 Å². The van der Waals surface area contributed by atoms with Crippen LogP contribution in [0.1, 0.15) is 6.42 Å². The minimum Gasteiger partial charge on any atom is -0.493 e. The normalized spacial score (nSPS) is 13.1. The summed E-state index contributed by atoms with van der Waals surface area (Å²) in [4.78, 5) is 8.98. The van der Waals surface area contributed by atoms with E-state index in [2.05, 4.69) is 9.97 Å². The van der Waals surface area contributed by atoms with Gasteiger partial charge < -0.3 is 18.9 Å². The van der Waals surface area contributed by atoms with Crippen molar-refractivity contribution in [3.63, 3.8) is 0 Å². The van der Waals surface area contributed by atoms with Gasteiger partial charge in [0.2, 0.25) is 0 Å². The van der Waals surface area contributed by atoms with Crippen LogP contribution in [0.25, 0.3) is 28.4 Å². The maximum Gasteiger partial charge on any atom is 0.253 e. The van der Waals surface area contributed by atoms with Gasteiger partial charge >= 0.3 is 0 Å². The molecule has 5 rings (SSSR count). The van der Waals surface area contributed by atoms with Crippen molar-refractivity contribution in [1.29, 1.82) is 0 Å². The Kier molecular flexibility index (Phi) is 4.59. The van der Waals surface area contributed by atoms with E-state index in [0.717, 1.165) is 29.0 Å². The highest BCUT2D eigenvalue weighted by Crippen LogP contribution is 2.35. The van der Waals surface area contributed by atoms with E-state index >= 15 is 0 Å². The molecular weight excluding hydrogens is 384 g/mol. The summed E-state index contributed by atoms with van der Waals surface area (Å²) >= 11 is 0. The van der Waals surface area contributed by atoms with Gasteiger partial charge in [0.25, 0.3) is 5.78 Å². The summed E-state index contributed by atoms with van der Waals surface area (Å²) in [5.74, 6) is 3.82. The van der Waals surface area contributed by atoms with Gasteiger partial charge in [0.1, 0.15) is 0 Å². The largest absolute Gasteiger partial charge is 0.493 e. The number of hydrogen-bond acceptors (Lipinski definition) is 7. The van der Waals surface area contributed by atoms with Crippen LogP contribution in [0.15, 0.2) is 48.7 Å². The smallest absolute Gasteiger partial charge is 0.253 e. The lowest BCUT2D eigenvalue weighted by Gasteiger charge is -2.10. The summed E-state index contributed by atoms with van der Waals surface area (Å²) in [5, 5.41) is 4.70. The molecule has 0 aliphatic carbocycles. The summed E-state index contributed by atoms with van der Waals surface area (Å²) in [6.45, 7) is 1.28. The third-order valence-corrected chi connectivity index (χ3v) is 4.93. The van der Waals surface area contributed by atoms with Crippen LogP contribution in [0.5, 0.6) is 23.0 Å². The molecular formula is C22H20N4O4. The zero-order valence-electron chi connectivity index (χ0n) is 16.7. The van der Waals surface area contributed by atoms with Crippen LogP contribution in [0, 0.1) is 0 Å². The first-order valence-electron chi connectivity index (χ1n) is 9.61. The van der Waals surface area contributed by atoms with Crippen LogP contribution in [0.2, 0.25) is 0 Å². The zero-order chi connectivity index (χ0) is 20.5. The Balaban J connectivity index is 1.59. The molecule has 0 radical (unpaired) electrons. The van der Waals surface area contributed by atoms with Crippen molar-refractivity contribution >= 4 is 5.78 Å². The lowest BCUT2D eigenvalue weighted by atomic mass is 10.1. The fourth-order valence-electron chi connectivity index (χ4n) is 3.43. The Labute approximate surface area is 173 Å². The highest BCUT2D eigenvalue weighted by Gasteiger charge is 2.16. The Bertz CT molecular complexity index is 1220. The molecule has 0 saturated heterocycles. The molecule has 2 aromatic carbocycles. The molecule has 0 fully saturated rings. The molecule has 1 aliphatic heterocycles. The first kappa shape index (κ1) is 18.2. The number of methoxy groups -OCH3 is 2. The van der Waals surface area contributed by atoms with Crippen molar-refractivity contribution in [1.82, 2.24) is 19.6 Å². The number of hydrogen-bond donors (Lipinski definition) is 0. The molecule has 0 N–H and O–H groups in total. The topological polar surface area (TPSA) is 80.0 Å². The second-order valence-electron chi connectivity index (χ2n) is 6.76. The number of rotatable bonds is 4. The molecule has 8 heteroatoms. The van der Waals surface area contributed by atoms with Gasteiger partial charge in [0, 0.05) is 23.7 Å². The molecule has 0 saturated carbocycles. The Morgan fingerprint density at radius 1 is 0.867 bits per heavy atom. The van der Waals surface area contributed by atoms with E-state index in [1.54, 1.807) is 24.9 Å². The Morgan fingerprint density at radius 2 is 1.67 bits per heavy atom. The van der Waals surface area contributed by atoms with E-state index < -0.39 is 0 Å². The first-order chi connectivity index (χ1) is 14.8. The first-order valence-corrected chi connectivity index (χ1v) is 9.61. The molecule has 0 amide bonds. The quantitative estimate of drug-likeness (QED) is 0.514. The van der Waals surface area contributed by atoms with Crippen LogP contribution in [-0.2, 0) is 0 Å². The predicted octanol–water partition coefficient (Wildman–Crippen LogP) is 3.64. The predicted molar refractivity (Wildman–Crippen MR) is 110 cm³/mol. The van der Waals surface area contributed by atoms with Crippen molar-refractivity contribution in [2.75, 3.05) is 27.4 Å². The van der Waals surface area contributed by atoms with Gasteiger partial charge in [0.15, 0.2) is 28.8 Å². The lowest BCUT2D eigenvalue weighted by molar-refractivity contribution is 0.297. The van der Waals surface area contributed by atoms with Gasteiger partial charge in [-0.05, 0) is 42.5 Å². The van der Waals surface area contributed by atoms with E-state index in [4.69, 9.17) is 24.0 Å². The molecule has 4 aromatic rings. The third kappa shape index (κ3) is 3.16. The Hall–Kier alpha value is -3.81. The molecule has 152 valence electrons. The highest BCUT2D eigenvalue weighted by molar-refractivity contribution is 5.67. The summed E-state index contributed by atoms with van der Waals surface area (Å²) in [6, 6.07) is 13.3. The molecule has 30 heavy (non-hydrogen) atoms. The van der Waals surface area contributed by atoms with Crippen LogP contribution < -0.4 is 18.9 Å². The van der Waals surface area contributed by atoms with E-state index in [-0.39, 0.29) is 0 Å². The second kappa shape index (κ2) is 7.55. The van der Waals surface area contributed by atoms with Gasteiger partial charge in [-0.2, -0.15) is 9.50 Å². The van der Waals surface area contributed by atoms with Crippen LogP contribution in [-0.4, -0.2) is 47.0 Å². The van der Waals surface area contributed by atoms with Crippen LogP contribution in [0.4, 0.5) is 0 Å². The average Bonchev–Trinajstić information content (AvgIpc) is 3.09. The van der Waals surface area contributed by atoms with E-state index in [1.165, 1.54) is 0 Å². The maximum absolute atomic E-state index is 5.80. The van der Waals surface area contributed by atoms with Gasteiger partial charge in [-0.3, -0.25) is 0 Å². The molecule has 0 atom stereocenters. The van der Waals surface area contributed by atoms with Gasteiger partial charge in [0.05, 0.1) is 33.1 Å². The van der Waals surface area contributed by atoms with E-state index in [0.29, 0.717) is 42.1 Å². The SMILES string of the molecule is COc1ccc(-c2ccnc3nc(-c4ccc5c(c4)OCCCO5)nn23)cc1OC. The molecule has 0 bridgehead atoms.